The Balaban J connectivity index is 1.92. The molecule has 1 aliphatic carbocycles. The van der Waals surface area contributed by atoms with Gasteiger partial charge < -0.3 is 5.73 Å². The van der Waals surface area contributed by atoms with E-state index in [0.29, 0.717) is 0 Å². The van der Waals surface area contributed by atoms with Crippen molar-refractivity contribution in [3.05, 3.63) is 41.6 Å². The second kappa shape index (κ2) is 4.11. The Morgan fingerprint density at radius 2 is 2.12 bits per heavy atom. The van der Waals surface area contributed by atoms with E-state index in [0.717, 1.165) is 23.5 Å². The maximum absolute atomic E-state index is 6.24. The second-order valence-corrected chi connectivity index (χ2v) is 5.19. The summed E-state index contributed by atoms with van der Waals surface area (Å²) in [5, 5.41) is 1.19. The molecule has 1 saturated carbocycles. The first kappa shape index (κ1) is 10.7. The second-order valence-electron chi connectivity index (χ2n) is 5.19. The number of benzene rings is 1. The first-order valence-electron chi connectivity index (χ1n) is 6.35. The lowest BCUT2D eigenvalue weighted by Crippen LogP contribution is -2.10. The van der Waals surface area contributed by atoms with E-state index in [1.165, 1.54) is 23.8 Å². The van der Waals surface area contributed by atoms with E-state index < -0.39 is 0 Å². The molecule has 88 valence electrons. The van der Waals surface area contributed by atoms with Gasteiger partial charge in [-0.2, -0.15) is 0 Å². The van der Waals surface area contributed by atoms with Crippen LogP contribution in [-0.4, -0.2) is 4.98 Å². The fourth-order valence-corrected chi connectivity index (χ4v) is 2.33. The molecule has 0 amide bonds. The van der Waals surface area contributed by atoms with Gasteiger partial charge in [0.2, 0.25) is 0 Å². The zero-order chi connectivity index (χ0) is 11.8. The molecule has 1 unspecified atom stereocenters. The topological polar surface area (TPSA) is 38.9 Å². The highest BCUT2D eigenvalue weighted by molar-refractivity contribution is 5.79. The predicted octanol–water partition coefficient (Wildman–Crippen LogP) is 3.34. The average molecular weight is 226 g/mol. The van der Waals surface area contributed by atoms with Gasteiger partial charge in [-0.3, -0.25) is 4.98 Å². The van der Waals surface area contributed by atoms with Crippen molar-refractivity contribution < 1.29 is 0 Å². The van der Waals surface area contributed by atoms with Crippen LogP contribution in [0.1, 0.15) is 36.6 Å². The summed E-state index contributed by atoms with van der Waals surface area (Å²) < 4.78 is 0. The minimum atomic E-state index is 0.188. The largest absolute Gasteiger partial charge is 0.324 e. The summed E-state index contributed by atoms with van der Waals surface area (Å²) in [7, 11) is 0. The molecule has 1 heterocycles. The molecule has 1 aromatic heterocycles. The number of nitrogens with zero attached hydrogens (tertiary/aromatic N) is 1. The van der Waals surface area contributed by atoms with Crippen LogP contribution in [0.3, 0.4) is 0 Å². The van der Waals surface area contributed by atoms with E-state index in [-0.39, 0.29) is 6.04 Å². The van der Waals surface area contributed by atoms with Crippen molar-refractivity contribution in [3.8, 4) is 0 Å². The van der Waals surface area contributed by atoms with Crippen molar-refractivity contribution in [1.82, 2.24) is 4.98 Å². The number of hydrogen-bond acceptors (Lipinski definition) is 2. The fraction of sp³-hybridized carbons (Fsp3) is 0.400. The zero-order valence-electron chi connectivity index (χ0n) is 10.2. The molecule has 0 radical (unpaired) electrons. The number of fused-ring (bicyclic) bond motifs is 1. The van der Waals surface area contributed by atoms with Crippen LogP contribution in [0.25, 0.3) is 10.9 Å². The lowest BCUT2D eigenvalue weighted by molar-refractivity contribution is 0.597. The molecule has 1 fully saturated rings. The Hall–Kier alpha value is -1.41. The summed E-state index contributed by atoms with van der Waals surface area (Å²) in [5.74, 6) is 0.872. The van der Waals surface area contributed by atoms with E-state index >= 15 is 0 Å². The minimum absolute atomic E-state index is 0.188. The molecule has 0 saturated heterocycles. The number of pyridine rings is 1. The van der Waals surface area contributed by atoms with Crippen molar-refractivity contribution in [1.29, 1.82) is 0 Å². The Morgan fingerprint density at radius 3 is 2.88 bits per heavy atom. The number of nitrogens with two attached hydrogens (primary N) is 1. The van der Waals surface area contributed by atoms with Crippen LogP contribution in [0.5, 0.6) is 0 Å². The van der Waals surface area contributed by atoms with Gasteiger partial charge in [0.25, 0.3) is 0 Å². The standard InChI is InChI=1S/C15H18N2/c1-10-2-5-13-9-12(6-7-15(13)17-10)14(16)8-11-3-4-11/h2,5-7,9,11,14H,3-4,8,16H2,1H3. The van der Waals surface area contributed by atoms with Gasteiger partial charge in [-0.05, 0) is 43.0 Å². The van der Waals surface area contributed by atoms with Crippen molar-refractivity contribution in [2.75, 3.05) is 0 Å². The smallest absolute Gasteiger partial charge is 0.0705 e. The molecule has 2 N–H and O–H groups in total. The summed E-state index contributed by atoms with van der Waals surface area (Å²) in [6.45, 7) is 2.02. The van der Waals surface area contributed by atoms with Gasteiger partial charge in [-0.25, -0.2) is 0 Å². The van der Waals surface area contributed by atoms with Crippen LogP contribution in [-0.2, 0) is 0 Å². The van der Waals surface area contributed by atoms with E-state index in [2.05, 4.69) is 35.3 Å². The molecule has 1 atom stereocenters. The summed E-state index contributed by atoms with van der Waals surface area (Å²) >= 11 is 0. The monoisotopic (exact) mass is 226 g/mol. The zero-order valence-corrected chi connectivity index (χ0v) is 10.2. The van der Waals surface area contributed by atoms with Crippen LogP contribution in [0, 0.1) is 12.8 Å². The van der Waals surface area contributed by atoms with Crippen LogP contribution >= 0.6 is 0 Å². The van der Waals surface area contributed by atoms with E-state index in [4.69, 9.17) is 5.73 Å². The molecule has 1 aromatic carbocycles. The highest BCUT2D eigenvalue weighted by atomic mass is 14.7. The highest BCUT2D eigenvalue weighted by Gasteiger charge is 2.24. The van der Waals surface area contributed by atoms with Crippen LogP contribution in [0.15, 0.2) is 30.3 Å². The molecule has 1 aliphatic rings. The van der Waals surface area contributed by atoms with E-state index in [9.17, 15) is 0 Å². The average Bonchev–Trinajstić information content (AvgIpc) is 3.12. The van der Waals surface area contributed by atoms with Gasteiger partial charge in [-0.15, -0.1) is 0 Å². The molecule has 2 heteroatoms. The van der Waals surface area contributed by atoms with Gasteiger partial charge >= 0.3 is 0 Å². The van der Waals surface area contributed by atoms with Gasteiger partial charge in [0.05, 0.1) is 5.52 Å². The fourth-order valence-electron chi connectivity index (χ4n) is 2.33. The number of aromatic nitrogens is 1. The van der Waals surface area contributed by atoms with E-state index in [1.54, 1.807) is 0 Å². The van der Waals surface area contributed by atoms with Crippen LogP contribution < -0.4 is 5.73 Å². The Morgan fingerprint density at radius 1 is 1.29 bits per heavy atom. The first-order valence-corrected chi connectivity index (χ1v) is 6.35. The Bertz CT molecular complexity index is 544. The first-order chi connectivity index (χ1) is 8.22. The van der Waals surface area contributed by atoms with Crippen molar-refractivity contribution in [2.45, 2.75) is 32.2 Å². The predicted molar refractivity (Wildman–Crippen MR) is 70.7 cm³/mol. The SMILES string of the molecule is Cc1ccc2cc(C(N)CC3CC3)ccc2n1. The highest BCUT2D eigenvalue weighted by Crippen LogP contribution is 2.37. The summed E-state index contributed by atoms with van der Waals surface area (Å²) in [5.41, 5.74) is 9.61. The van der Waals surface area contributed by atoms with Crippen molar-refractivity contribution in [3.63, 3.8) is 0 Å². The number of aryl methyl sites for hydroxylation is 1. The molecule has 0 spiro atoms. The normalized spacial score (nSPS) is 17.3. The molecule has 17 heavy (non-hydrogen) atoms. The third-order valence-electron chi connectivity index (χ3n) is 3.56. The molecule has 0 aliphatic heterocycles. The molecule has 0 bridgehead atoms. The molecule has 3 rings (SSSR count). The molecular weight excluding hydrogens is 208 g/mol. The lowest BCUT2D eigenvalue weighted by atomic mass is 10.00. The van der Waals surface area contributed by atoms with E-state index in [1.807, 2.05) is 6.92 Å². The molecule has 2 nitrogen and oxygen atoms in total. The third kappa shape index (κ3) is 2.32. The third-order valence-corrected chi connectivity index (χ3v) is 3.56. The van der Waals surface area contributed by atoms with Crippen molar-refractivity contribution >= 4 is 10.9 Å². The lowest BCUT2D eigenvalue weighted by Gasteiger charge is -2.12. The van der Waals surface area contributed by atoms with Crippen molar-refractivity contribution in [2.24, 2.45) is 11.7 Å². The maximum Gasteiger partial charge on any atom is 0.0705 e. The molecule has 2 aromatic rings. The van der Waals surface area contributed by atoms with Gasteiger partial charge in [0, 0.05) is 17.1 Å². The summed E-state index contributed by atoms with van der Waals surface area (Å²) in [6, 6.07) is 10.8. The number of rotatable bonds is 3. The maximum atomic E-state index is 6.24. The summed E-state index contributed by atoms with van der Waals surface area (Å²) in [6.07, 6.45) is 3.86. The minimum Gasteiger partial charge on any atom is -0.324 e. The Kier molecular flexibility index (Phi) is 2.60. The van der Waals surface area contributed by atoms with Gasteiger partial charge in [0.1, 0.15) is 0 Å². The number of hydrogen-bond donors (Lipinski definition) is 1. The molecular formula is C15H18N2. The summed E-state index contributed by atoms with van der Waals surface area (Å²) in [4.78, 5) is 4.51. The Labute approximate surface area is 102 Å². The van der Waals surface area contributed by atoms with Gasteiger partial charge in [-0.1, -0.05) is 25.0 Å². The quantitative estimate of drug-likeness (QED) is 0.871. The van der Waals surface area contributed by atoms with Crippen LogP contribution in [0.2, 0.25) is 0 Å². The van der Waals surface area contributed by atoms with Gasteiger partial charge in [0.15, 0.2) is 0 Å². The van der Waals surface area contributed by atoms with Crippen LogP contribution in [0.4, 0.5) is 0 Å².